The first-order valence-electron chi connectivity index (χ1n) is 9.42. The minimum absolute atomic E-state index is 0.0121. The number of carbonyl (C=O) groups excluding carboxylic acids is 3. The van der Waals surface area contributed by atoms with Gasteiger partial charge in [-0.25, -0.2) is 0 Å². The molecule has 0 bridgehead atoms. The molecule has 3 rings (SSSR count). The average molecular weight is 552 g/mol. The lowest BCUT2D eigenvalue weighted by Gasteiger charge is -2.14. The van der Waals surface area contributed by atoms with Crippen molar-refractivity contribution in [1.82, 2.24) is 4.90 Å². The number of ether oxygens (including phenoxy) is 2. The third-order valence-corrected chi connectivity index (χ3v) is 5.78. The molecule has 0 spiro atoms. The summed E-state index contributed by atoms with van der Waals surface area (Å²) in [5, 5.41) is 2.21. The molecule has 9 heteroatoms. The highest BCUT2D eigenvalue weighted by Crippen LogP contribution is 2.34. The van der Waals surface area contributed by atoms with Gasteiger partial charge in [0, 0.05) is 9.26 Å². The summed E-state index contributed by atoms with van der Waals surface area (Å²) in [4.78, 5) is 38.5. The Morgan fingerprint density at radius 3 is 2.52 bits per heavy atom. The van der Waals surface area contributed by atoms with Crippen LogP contribution in [-0.4, -0.2) is 41.7 Å². The molecule has 1 aliphatic heterocycles. The van der Waals surface area contributed by atoms with E-state index in [2.05, 4.69) is 27.9 Å². The predicted molar refractivity (Wildman–Crippen MR) is 129 cm³/mol. The summed E-state index contributed by atoms with van der Waals surface area (Å²) >= 11 is 2.96. The average Bonchev–Trinajstić information content (AvgIpc) is 2.97. The minimum atomic E-state index is -0.505. The Balaban J connectivity index is 1.71. The maximum Gasteiger partial charge on any atom is 0.294 e. The number of anilines is 1. The van der Waals surface area contributed by atoms with Crippen molar-refractivity contribution < 1.29 is 23.9 Å². The molecule has 0 atom stereocenters. The molecule has 162 valence electrons. The van der Waals surface area contributed by atoms with E-state index in [0.29, 0.717) is 22.7 Å². The first-order valence-corrected chi connectivity index (χ1v) is 11.3. The molecule has 1 heterocycles. The van der Waals surface area contributed by atoms with Gasteiger partial charge in [0.25, 0.3) is 11.1 Å². The zero-order valence-electron chi connectivity index (χ0n) is 17.2. The van der Waals surface area contributed by atoms with Gasteiger partial charge < -0.3 is 14.8 Å². The van der Waals surface area contributed by atoms with Gasteiger partial charge in [-0.1, -0.05) is 6.07 Å². The first kappa shape index (κ1) is 23.1. The summed E-state index contributed by atoms with van der Waals surface area (Å²) in [7, 11) is 1.53. The van der Waals surface area contributed by atoms with E-state index in [1.165, 1.54) is 7.11 Å². The summed E-state index contributed by atoms with van der Waals surface area (Å²) in [6, 6.07) is 12.5. The van der Waals surface area contributed by atoms with Crippen LogP contribution in [0.5, 0.6) is 11.5 Å². The van der Waals surface area contributed by atoms with Crippen LogP contribution in [0.1, 0.15) is 19.4 Å². The zero-order chi connectivity index (χ0) is 22.5. The SMILES string of the molecule is COc1cc(/C=C2\SC(=O)N(CC(=O)Nc3ccc(I)cc3)C2=O)ccc1OC(C)C. The van der Waals surface area contributed by atoms with Crippen molar-refractivity contribution >= 4 is 63.2 Å². The molecule has 3 amide bonds. The summed E-state index contributed by atoms with van der Waals surface area (Å²) in [6.45, 7) is 3.48. The molecule has 7 nitrogen and oxygen atoms in total. The number of methoxy groups -OCH3 is 1. The van der Waals surface area contributed by atoms with E-state index in [1.54, 1.807) is 36.4 Å². The summed E-state index contributed by atoms with van der Waals surface area (Å²) < 4.78 is 12.1. The van der Waals surface area contributed by atoms with Crippen molar-refractivity contribution in [1.29, 1.82) is 0 Å². The lowest BCUT2D eigenvalue weighted by molar-refractivity contribution is -0.127. The normalized spacial score (nSPS) is 15.0. The van der Waals surface area contributed by atoms with Crippen LogP contribution in [0.25, 0.3) is 6.08 Å². The van der Waals surface area contributed by atoms with E-state index in [9.17, 15) is 14.4 Å². The van der Waals surface area contributed by atoms with E-state index in [0.717, 1.165) is 20.2 Å². The Labute approximate surface area is 198 Å². The van der Waals surface area contributed by atoms with Crippen molar-refractivity contribution in [3.63, 3.8) is 0 Å². The molecule has 0 aliphatic carbocycles. The van der Waals surface area contributed by atoms with Gasteiger partial charge in [-0.15, -0.1) is 0 Å². The van der Waals surface area contributed by atoms with Crippen LogP contribution in [0, 0.1) is 3.57 Å². The Morgan fingerprint density at radius 1 is 1.16 bits per heavy atom. The molecular weight excluding hydrogens is 531 g/mol. The van der Waals surface area contributed by atoms with Crippen molar-refractivity contribution in [2.45, 2.75) is 20.0 Å². The van der Waals surface area contributed by atoms with Crippen LogP contribution in [0.2, 0.25) is 0 Å². The Morgan fingerprint density at radius 2 is 1.87 bits per heavy atom. The molecule has 0 radical (unpaired) electrons. The third kappa shape index (κ3) is 6.01. The standard InChI is InChI=1S/C22H21IN2O5S/c1-13(2)30-17-9-4-14(10-18(17)29-3)11-19-21(27)25(22(28)31-19)12-20(26)24-16-7-5-15(23)6-8-16/h4-11,13H,12H2,1-3H3,(H,24,26)/b19-11-. The molecule has 1 saturated heterocycles. The van der Waals surface area contributed by atoms with Crippen molar-refractivity contribution in [2.75, 3.05) is 19.0 Å². The Kier molecular flexibility index (Phi) is 7.60. The number of imide groups is 1. The van der Waals surface area contributed by atoms with E-state index < -0.39 is 17.1 Å². The summed E-state index contributed by atoms with van der Waals surface area (Å²) in [5.74, 6) is 0.171. The van der Waals surface area contributed by atoms with Gasteiger partial charge >= 0.3 is 0 Å². The molecule has 0 unspecified atom stereocenters. The predicted octanol–water partition coefficient (Wildman–Crippen LogP) is 4.76. The molecule has 2 aromatic carbocycles. The van der Waals surface area contributed by atoms with Gasteiger partial charge in [-0.2, -0.15) is 0 Å². The number of thioether (sulfide) groups is 1. The fourth-order valence-corrected chi connectivity index (χ4v) is 3.99. The van der Waals surface area contributed by atoms with E-state index in [-0.39, 0.29) is 17.6 Å². The fourth-order valence-electron chi connectivity index (χ4n) is 2.79. The first-order chi connectivity index (χ1) is 14.8. The molecule has 1 fully saturated rings. The smallest absolute Gasteiger partial charge is 0.294 e. The second-order valence-electron chi connectivity index (χ2n) is 6.90. The van der Waals surface area contributed by atoms with E-state index in [1.807, 2.05) is 26.0 Å². The van der Waals surface area contributed by atoms with Crippen LogP contribution in [0.4, 0.5) is 10.5 Å². The molecular formula is C22H21IN2O5S. The van der Waals surface area contributed by atoms with Gasteiger partial charge in [0.1, 0.15) is 6.54 Å². The number of hydrogen-bond donors (Lipinski definition) is 1. The molecule has 1 aliphatic rings. The van der Waals surface area contributed by atoms with Crippen molar-refractivity contribution in [3.05, 3.63) is 56.5 Å². The Bertz CT molecular complexity index is 1040. The van der Waals surface area contributed by atoms with Gasteiger partial charge in [-0.05, 0) is 96.2 Å². The van der Waals surface area contributed by atoms with Gasteiger partial charge in [0.2, 0.25) is 5.91 Å². The highest BCUT2D eigenvalue weighted by atomic mass is 127. The van der Waals surface area contributed by atoms with E-state index >= 15 is 0 Å². The topological polar surface area (TPSA) is 84.9 Å². The number of hydrogen-bond acceptors (Lipinski definition) is 6. The lowest BCUT2D eigenvalue weighted by atomic mass is 10.2. The third-order valence-electron chi connectivity index (χ3n) is 4.15. The van der Waals surface area contributed by atoms with Crippen LogP contribution in [0.15, 0.2) is 47.4 Å². The number of rotatable bonds is 7. The van der Waals surface area contributed by atoms with Crippen LogP contribution < -0.4 is 14.8 Å². The largest absolute Gasteiger partial charge is 0.493 e. The molecule has 31 heavy (non-hydrogen) atoms. The number of carbonyl (C=O) groups is 3. The van der Waals surface area contributed by atoms with Gasteiger partial charge in [0.05, 0.1) is 18.1 Å². The monoisotopic (exact) mass is 552 g/mol. The van der Waals surface area contributed by atoms with Gasteiger partial charge in [0.15, 0.2) is 11.5 Å². The van der Waals surface area contributed by atoms with Gasteiger partial charge in [-0.3, -0.25) is 19.3 Å². The summed E-state index contributed by atoms with van der Waals surface area (Å²) in [6.07, 6.45) is 1.59. The lowest BCUT2D eigenvalue weighted by Crippen LogP contribution is -2.36. The zero-order valence-corrected chi connectivity index (χ0v) is 20.2. The molecule has 1 N–H and O–H groups in total. The number of nitrogens with zero attached hydrogens (tertiary/aromatic N) is 1. The van der Waals surface area contributed by atoms with Crippen molar-refractivity contribution in [3.8, 4) is 11.5 Å². The fraction of sp³-hybridized carbons (Fsp3) is 0.227. The maximum absolute atomic E-state index is 12.7. The summed E-state index contributed by atoms with van der Waals surface area (Å²) in [5.41, 5.74) is 1.28. The number of amides is 3. The van der Waals surface area contributed by atoms with Crippen LogP contribution in [-0.2, 0) is 9.59 Å². The highest BCUT2D eigenvalue weighted by molar-refractivity contribution is 14.1. The minimum Gasteiger partial charge on any atom is -0.493 e. The number of halogens is 1. The van der Waals surface area contributed by atoms with Crippen LogP contribution in [0.3, 0.4) is 0 Å². The quantitative estimate of drug-likeness (QED) is 0.394. The van der Waals surface area contributed by atoms with Crippen molar-refractivity contribution in [2.24, 2.45) is 0 Å². The second kappa shape index (κ2) is 10.2. The Hall–Kier alpha value is -2.53. The maximum atomic E-state index is 12.7. The molecule has 2 aromatic rings. The second-order valence-corrected chi connectivity index (χ2v) is 9.14. The number of nitrogens with one attached hydrogen (secondary N) is 1. The number of benzene rings is 2. The van der Waals surface area contributed by atoms with E-state index in [4.69, 9.17) is 9.47 Å². The highest BCUT2D eigenvalue weighted by Gasteiger charge is 2.36. The molecule has 0 saturated carbocycles. The van der Waals surface area contributed by atoms with Crippen LogP contribution >= 0.6 is 34.4 Å². The molecule has 0 aromatic heterocycles.